The number of likely N-dealkylation sites (N-methyl/N-ethyl adjacent to an activating group) is 1. The minimum absolute atomic E-state index is 0.0368. The lowest BCUT2D eigenvalue weighted by Crippen LogP contribution is -2.44. The molecule has 114 valence electrons. The summed E-state index contributed by atoms with van der Waals surface area (Å²) in [5, 5.41) is 3.19. The number of ether oxygens (including phenoxy) is 1. The quantitative estimate of drug-likeness (QED) is 0.925. The summed E-state index contributed by atoms with van der Waals surface area (Å²) >= 11 is 0. The first-order chi connectivity index (χ1) is 10.3. The fourth-order valence-electron chi connectivity index (χ4n) is 3.34. The van der Waals surface area contributed by atoms with E-state index in [0.29, 0.717) is 6.54 Å². The largest absolute Gasteiger partial charge is 0.376 e. The Kier molecular flexibility index (Phi) is 4.44. The smallest absolute Gasteiger partial charge is 0.317 e. The van der Waals surface area contributed by atoms with E-state index in [2.05, 4.69) is 23.5 Å². The maximum Gasteiger partial charge on any atom is 0.317 e. The molecular formula is C17H24N2O2. The number of aryl methyl sites for hydroxylation is 1. The fraction of sp³-hybridized carbons (Fsp3) is 0.588. The molecule has 0 bridgehead atoms. The van der Waals surface area contributed by atoms with Crippen molar-refractivity contribution in [3.8, 4) is 0 Å². The molecule has 1 aromatic rings. The molecule has 21 heavy (non-hydrogen) atoms. The van der Waals surface area contributed by atoms with Crippen molar-refractivity contribution in [2.75, 3.05) is 19.7 Å². The summed E-state index contributed by atoms with van der Waals surface area (Å²) in [5.74, 6) is 0. The van der Waals surface area contributed by atoms with E-state index >= 15 is 0 Å². The molecule has 0 unspecified atom stereocenters. The van der Waals surface area contributed by atoms with Gasteiger partial charge in [-0.25, -0.2) is 4.79 Å². The van der Waals surface area contributed by atoms with Crippen LogP contribution < -0.4 is 5.32 Å². The van der Waals surface area contributed by atoms with Gasteiger partial charge in [-0.1, -0.05) is 24.3 Å². The topological polar surface area (TPSA) is 41.6 Å². The minimum atomic E-state index is 0.0368. The van der Waals surface area contributed by atoms with Crippen LogP contribution in [0, 0.1) is 0 Å². The van der Waals surface area contributed by atoms with Crippen LogP contribution >= 0.6 is 0 Å². The number of carbonyl (C=O) groups excluding carboxylic acids is 1. The van der Waals surface area contributed by atoms with Gasteiger partial charge in [0.15, 0.2) is 0 Å². The first kappa shape index (κ1) is 14.4. The van der Waals surface area contributed by atoms with Crippen molar-refractivity contribution in [3.05, 3.63) is 35.4 Å². The number of hydrogen-bond acceptors (Lipinski definition) is 2. The Hall–Kier alpha value is -1.55. The predicted octanol–water partition coefficient (Wildman–Crippen LogP) is 2.88. The van der Waals surface area contributed by atoms with Gasteiger partial charge in [-0.05, 0) is 43.7 Å². The standard InChI is InChI=1S/C17H24N2O2/c1-2-19(12-14-7-5-11-21-14)17(20)18-16-10-9-13-6-3-4-8-15(13)16/h3-4,6,8,14,16H,2,5,7,9-12H2,1H3,(H,18,20)/t14-,16-/m1/s1. The van der Waals surface area contributed by atoms with E-state index in [1.807, 2.05) is 17.9 Å². The van der Waals surface area contributed by atoms with Gasteiger partial charge in [-0.15, -0.1) is 0 Å². The highest BCUT2D eigenvalue weighted by atomic mass is 16.5. The Morgan fingerprint density at radius 2 is 2.24 bits per heavy atom. The summed E-state index contributed by atoms with van der Waals surface area (Å²) in [6.07, 6.45) is 4.45. The maximum absolute atomic E-state index is 12.5. The summed E-state index contributed by atoms with van der Waals surface area (Å²) in [5.41, 5.74) is 2.64. The molecule has 2 atom stereocenters. The van der Waals surface area contributed by atoms with Crippen molar-refractivity contribution in [2.24, 2.45) is 0 Å². The molecular weight excluding hydrogens is 264 g/mol. The molecule has 2 aliphatic rings. The molecule has 0 saturated carbocycles. The van der Waals surface area contributed by atoms with Crippen LogP contribution in [0.15, 0.2) is 24.3 Å². The number of benzene rings is 1. The number of rotatable bonds is 4. The third-order valence-electron chi connectivity index (χ3n) is 4.55. The van der Waals surface area contributed by atoms with Crippen LogP contribution in [0.25, 0.3) is 0 Å². The molecule has 4 nitrogen and oxygen atoms in total. The monoisotopic (exact) mass is 288 g/mol. The molecule has 1 heterocycles. The van der Waals surface area contributed by atoms with E-state index in [9.17, 15) is 4.79 Å². The molecule has 1 saturated heterocycles. The third kappa shape index (κ3) is 3.21. The lowest BCUT2D eigenvalue weighted by molar-refractivity contribution is 0.0821. The van der Waals surface area contributed by atoms with Gasteiger partial charge in [0.25, 0.3) is 0 Å². The first-order valence-electron chi connectivity index (χ1n) is 8.02. The van der Waals surface area contributed by atoms with Gasteiger partial charge in [-0.2, -0.15) is 0 Å². The average molecular weight is 288 g/mol. The van der Waals surface area contributed by atoms with Crippen LogP contribution in [-0.4, -0.2) is 36.7 Å². The van der Waals surface area contributed by atoms with E-state index in [0.717, 1.165) is 38.8 Å². The van der Waals surface area contributed by atoms with Crippen LogP contribution in [0.5, 0.6) is 0 Å². The molecule has 4 heteroatoms. The van der Waals surface area contributed by atoms with E-state index in [1.54, 1.807) is 0 Å². The molecule has 2 amide bonds. The van der Waals surface area contributed by atoms with Crippen molar-refractivity contribution < 1.29 is 9.53 Å². The van der Waals surface area contributed by atoms with Gasteiger partial charge in [-0.3, -0.25) is 0 Å². The Morgan fingerprint density at radius 1 is 1.38 bits per heavy atom. The van der Waals surface area contributed by atoms with Crippen LogP contribution in [-0.2, 0) is 11.2 Å². The molecule has 1 fully saturated rings. The lowest BCUT2D eigenvalue weighted by Gasteiger charge is -2.26. The fourth-order valence-corrected chi connectivity index (χ4v) is 3.34. The van der Waals surface area contributed by atoms with Crippen molar-refractivity contribution in [2.45, 2.75) is 44.8 Å². The Morgan fingerprint density at radius 3 is 3.00 bits per heavy atom. The van der Waals surface area contributed by atoms with Crippen LogP contribution in [0.3, 0.4) is 0 Å². The van der Waals surface area contributed by atoms with Gasteiger partial charge >= 0.3 is 6.03 Å². The second-order valence-electron chi connectivity index (χ2n) is 5.91. The summed E-state index contributed by atoms with van der Waals surface area (Å²) in [7, 11) is 0. The second-order valence-corrected chi connectivity index (χ2v) is 5.91. The summed E-state index contributed by atoms with van der Waals surface area (Å²) in [6, 6.07) is 8.60. The number of carbonyl (C=O) groups is 1. The number of amides is 2. The van der Waals surface area contributed by atoms with E-state index in [1.165, 1.54) is 11.1 Å². The van der Waals surface area contributed by atoms with Crippen LogP contribution in [0.1, 0.15) is 43.4 Å². The zero-order valence-corrected chi connectivity index (χ0v) is 12.7. The average Bonchev–Trinajstić information content (AvgIpc) is 3.15. The van der Waals surface area contributed by atoms with Crippen LogP contribution in [0.2, 0.25) is 0 Å². The number of nitrogens with one attached hydrogen (secondary N) is 1. The van der Waals surface area contributed by atoms with Gasteiger partial charge < -0.3 is 15.0 Å². The zero-order chi connectivity index (χ0) is 14.7. The number of fused-ring (bicyclic) bond motifs is 1. The minimum Gasteiger partial charge on any atom is -0.376 e. The van der Waals surface area contributed by atoms with Gasteiger partial charge in [0, 0.05) is 19.7 Å². The van der Waals surface area contributed by atoms with E-state index in [-0.39, 0.29) is 18.2 Å². The molecule has 1 aliphatic carbocycles. The van der Waals surface area contributed by atoms with Crippen molar-refractivity contribution in [1.29, 1.82) is 0 Å². The molecule has 1 aromatic carbocycles. The first-order valence-corrected chi connectivity index (χ1v) is 8.02. The predicted molar refractivity (Wildman–Crippen MR) is 82.3 cm³/mol. The highest BCUT2D eigenvalue weighted by molar-refractivity contribution is 5.75. The van der Waals surface area contributed by atoms with Gasteiger partial charge in [0.1, 0.15) is 0 Å². The highest BCUT2D eigenvalue weighted by Crippen LogP contribution is 2.30. The van der Waals surface area contributed by atoms with Gasteiger partial charge in [0.2, 0.25) is 0 Å². The van der Waals surface area contributed by atoms with Crippen LogP contribution in [0.4, 0.5) is 4.79 Å². The Balaban J connectivity index is 1.60. The SMILES string of the molecule is CCN(C[C@H]1CCCO1)C(=O)N[C@@H]1CCc2ccccc21. The lowest BCUT2D eigenvalue weighted by atomic mass is 10.1. The second kappa shape index (κ2) is 6.48. The third-order valence-corrected chi connectivity index (χ3v) is 4.55. The van der Waals surface area contributed by atoms with E-state index < -0.39 is 0 Å². The molecule has 1 aliphatic heterocycles. The number of nitrogens with zero attached hydrogens (tertiary/aromatic N) is 1. The summed E-state index contributed by atoms with van der Waals surface area (Å²) in [6.45, 7) is 4.29. The molecule has 0 aromatic heterocycles. The maximum atomic E-state index is 12.5. The highest BCUT2D eigenvalue weighted by Gasteiger charge is 2.26. The van der Waals surface area contributed by atoms with Gasteiger partial charge in [0.05, 0.1) is 12.1 Å². The Bertz CT molecular complexity index is 497. The van der Waals surface area contributed by atoms with Crippen molar-refractivity contribution in [1.82, 2.24) is 10.2 Å². The van der Waals surface area contributed by atoms with Crippen molar-refractivity contribution >= 4 is 6.03 Å². The normalized spacial score (nSPS) is 23.9. The van der Waals surface area contributed by atoms with Crippen molar-refractivity contribution in [3.63, 3.8) is 0 Å². The zero-order valence-electron chi connectivity index (χ0n) is 12.7. The van der Waals surface area contributed by atoms with E-state index in [4.69, 9.17) is 4.74 Å². The number of hydrogen-bond donors (Lipinski definition) is 1. The summed E-state index contributed by atoms with van der Waals surface area (Å²) in [4.78, 5) is 14.4. The molecule has 1 N–H and O–H groups in total. The summed E-state index contributed by atoms with van der Waals surface area (Å²) < 4.78 is 5.64. The number of urea groups is 1. The molecule has 0 radical (unpaired) electrons. The molecule has 0 spiro atoms. The molecule has 3 rings (SSSR count). The Labute approximate surface area is 126 Å².